The molecule has 0 unspecified atom stereocenters. The molecule has 0 atom stereocenters. The fourth-order valence-electron chi connectivity index (χ4n) is 3.17. The monoisotopic (exact) mass is 430 g/mol. The maximum atomic E-state index is 13.3. The van der Waals surface area contributed by atoms with E-state index in [2.05, 4.69) is 18.4 Å². The van der Waals surface area contributed by atoms with Gasteiger partial charge in [-0.2, -0.15) is 0 Å². The molecule has 0 saturated carbocycles. The number of benzene rings is 1. The van der Waals surface area contributed by atoms with Crippen LogP contribution in [-0.2, 0) is 27.4 Å². The third-order valence-corrected chi connectivity index (χ3v) is 5.93. The molecule has 0 bridgehead atoms. The molecule has 1 aromatic carbocycles. The summed E-state index contributed by atoms with van der Waals surface area (Å²) in [5.41, 5.74) is 2.27. The van der Waals surface area contributed by atoms with Crippen molar-refractivity contribution in [2.24, 2.45) is 5.92 Å². The summed E-state index contributed by atoms with van der Waals surface area (Å²) in [6.45, 7) is 10.7. The van der Waals surface area contributed by atoms with Gasteiger partial charge in [0.1, 0.15) is 0 Å². The summed E-state index contributed by atoms with van der Waals surface area (Å²) in [4.78, 5) is 30.7. The number of rotatable bonds is 12. The Labute approximate surface area is 184 Å². The summed E-state index contributed by atoms with van der Waals surface area (Å²) in [5.74, 6) is -0.170. The van der Waals surface area contributed by atoms with Crippen molar-refractivity contribution in [3.8, 4) is 0 Å². The van der Waals surface area contributed by atoms with Crippen LogP contribution < -0.4 is 0 Å². The minimum absolute atomic E-state index is 0.00631. The molecule has 2 amide bonds. The van der Waals surface area contributed by atoms with Crippen LogP contribution in [0.15, 0.2) is 41.8 Å². The highest BCUT2D eigenvalue weighted by Gasteiger charge is 2.23. The molecule has 1 aromatic heterocycles. The predicted octanol–water partition coefficient (Wildman–Crippen LogP) is 4.50. The largest absolute Gasteiger partial charge is 0.382 e. The zero-order chi connectivity index (χ0) is 21.9. The van der Waals surface area contributed by atoms with E-state index >= 15 is 0 Å². The van der Waals surface area contributed by atoms with Gasteiger partial charge in [0.05, 0.1) is 13.1 Å². The van der Waals surface area contributed by atoms with E-state index in [1.54, 1.807) is 16.2 Å². The third kappa shape index (κ3) is 7.58. The van der Waals surface area contributed by atoms with Crippen LogP contribution in [-0.4, -0.2) is 47.9 Å². The Bertz CT molecular complexity index is 789. The van der Waals surface area contributed by atoms with Crippen molar-refractivity contribution in [2.75, 3.05) is 26.3 Å². The Morgan fingerprint density at radius 2 is 1.80 bits per heavy atom. The van der Waals surface area contributed by atoms with Crippen LogP contribution in [0.3, 0.4) is 0 Å². The Hall–Kier alpha value is -2.18. The fourth-order valence-corrected chi connectivity index (χ4v) is 4.09. The van der Waals surface area contributed by atoms with E-state index in [-0.39, 0.29) is 24.3 Å². The standard InChI is InChI=1S/C24H34N2O3S/c1-5-29-14-9-13-25(24(28)19(2)3)18-23(27)26(16-21-10-7-6-8-11-21)17-22-20(4)12-15-30-22/h6-8,10-12,15,19H,5,9,13-14,16-18H2,1-4H3. The van der Waals surface area contributed by atoms with Gasteiger partial charge < -0.3 is 14.5 Å². The number of amides is 2. The van der Waals surface area contributed by atoms with Crippen LogP contribution in [0.4, 0.5) is 0 Å². The molecule has 2 aromatic rings. The lowest BCUT2D eigenvalue weighted by atomic mass is 10.1. The van der Waals surface area contributed by atoms with Gasteiger partial charge in [0, 0.05) is 37.1 Å². The minimum Gasteiger partial charge on any atom is -0.382 e. The van der Waals surface area contributed by atoms with Crippen molar-refractivity contribution in [2.45, 2.75) is 47.2 Å². The highest BCUT2D eigenvalue weighted by molar-refractivity contribution is 7.10. The van der Waals surface area contributed by atoms with Gasteiger partial charge in [0.25, 0.3) is 0 Å². The van der Waals surface area contributed by atoms with Crippen molar-refractivity contribution in [1.82, 2.24) is 9.80 Å². The number of thiophene rings is 1. The van der Waals surface area contributed by atoms with Crippen LogP contribution in [0.2, 0.25) is 0 Å². The molecule has 2 rings (SSSR count). The van der Waals surface area contributed by atoms with E-state index in [0.29, 0.717) is 32.8 Å². The first-order valence-corrected chi connectivity index (χ1v) is 11.5. The molecule has 164 valence electrons. The average molecular weight is 431 g/mol. The van der Waals surface area contributed by atoms with Gasteiger partial charge in [0.15, 0.2) is 0 Å². The second-order valence-corrected chi connectivity index (χ2v) is 8.73. The normalized spacial score (nSPS) is 11.0. The lowest BCUT2D eigenvalue weighted by Gasteiger charge is -2.29. The van der Waals surface area contributed by atoms with Crippen molar-refractivity contribution in [3.05, 3.63) is 57.8 Å². The minimum atomic E-state index is -0.146. The van der Waals surface area contributed by atoms with Gasteiger partial charge in [-0.3, -0.25) is 9.59 Å². The van der Waals surface area contributed by atoms with Crippen molar-refractivity contribution in [3.63, 3.8) is 0 Å². The Morgan fingerprint density at radius 1 is 1.07 bits per heavy atom. The molecule has 0 aliphatic heterocycles. The molecular formula is C24H34N2O3S. The Balaban J connectivity index is 2.14. The van der Waals surface area contributed by atoms with E-state index in [1.807, 2.05) is 56.0 Å². The number of carbonyl (C=O) groups is 2. The van der Waals surface area contributed by atoms with E-state index < -0.39 is 0 Å². The molecule has 1 heterocycles. The van der Waals surface area contributed by atoms with E-state index in [1.165, 1.54) is 10.4 Å². The van der Waals surface area contributed by atoms with Gasteiger partial charge >= 0.3 is 0 Å². The molecule has 0 aliphatic carbocycles. The lowest BCUT2D eigenvalue weighted by molar-refractivity contribution is -0.143. The van der Waals surface area contributed by atoms with Crippen molar-refractivity contribution < 1.29 is 14.3 Å². The number of nitrogens with zero attached hydrogens (tertiary/aromatic N) is 2. The first-order chi connectivity index (χ1) is 14.4. The van der Waals surface area contributed by atoms with Crippen LogP contribution in [0.1, 0.15) is 43.2 Å². The molecule has 6 heteroatoms. The quantitative estimate of drug-likeness (QED) is 0.466. The smallest absolute Gasteiger partial charge is 0.242 e. The molecule has 0 saturated heterocycles. The van der Waals surface area contributed by atoms with Crippen LogP contribution in [0, 0.1) is 12.8 Å². The van der Waals surface area contributed by atoms with Crippen LogP contribution >= 0.6 is 11.3 Å². The van der Waals surface area contributed by atoms with Crippen LogP contribution in [0.25, 0.3) is 0 Å². The molecule has 5 nitrogen and oxygen atoms in total. The van der Waals surface area contributed by atoms with Gasteiger partial charge in [0.2, 0.25) is 11.8 Å². The number of carbonyl (C=O) groups excluding carboxylic acids is 2. The number of ether oxygens (including phenoxy) is 1. The summed E-state index contributed by atoms with van der Waals surface area (Å²) < 4.78 is 5.41. The zero-order valence-corrected chi connectivity index (χ0v) is 19.4. The molecule has 0 radical (unpaired) electrons. The first-order valence-electron chi connectivity index (χ1n) is 10.6. The summed E-state index contributed by atoms with van der Waals surface area (Å²) in [6, 6.07) is 12.1. The summed E-state index contributed by atoms with van der Waals surface area (Å²) in [6.07, 6.45) is 0.725. The number of hydrogen-bond acceptors (Lipinski definition) is 4. The maximum Gasteiger partial charge on any atom is 0.242 e. The fraction of sp³-hybridized carbons (Fsp3) is 0.500. The van der Waals surface area contributed by atoms with Gasteiger partial charge in [-0.1, -0.05) is 44.2 Å². The first kappa shape index (κ1) is 24.1. The molecule has 0 spiro atoms. The third-order valence-electron chi connectivity index (χ3n) is 4.92. The van der Waals surface area contributed by atoms with E-state index in [0.717, 1.165) is 12.0 Å². The topological polar surface area (TPSA) is 49.9 Å². The van der Waals surface area contributed by atoms with Gasteiger partial charge in [-0.05, 0) is 42.8 Å². The van der Waals surface area contributed by atoms with Crippen molar-refractivity contribution >= 4 is 23.2 Å². The zero-order valence-electron chi connectivity index (χ0n) is 18.6. The Morgan fingerprint density at radius 3 is 2.40 bits per heavy atom. The predicted molar refractivity (Wildman–Crippen MR) is 122 cm³/mol. The molecule has 30 heavy (non-hydrogen) atoms. The molecule has 0 N–H and O–H groups in total. The maximum absolute atomic E-state index is 13.3. The Kier molecular flexibility index (Phi) is 10.0. The van der Waals surface area contributed by atoms with Gasteiger partial charge in [-0.15, -0.1) is 11.3 Å². The highest BCUT2D eigenvalue weighted by atomic mass is 32.1. The summed E-state index contributed by atoms with van der Waals surface area (Å²) >= 11 is 1.66. The average Bonchev–Trinajstić information content (AvgIpc) is 3.14. The molecule has 0 fully saturated rings. The highest BCUT2D eigenvalue weighted by Crippen LogP contribution is 2.20. The SMILES string of the molecule is CCOCCCN(CC(=O)N(Cc1ccccc1)Cc1sccc1C)C(=O)C(C)C. The number of hydrogen-bond donors (Lipinski definition) is 0. The summed E-state index contributed by atoms with van der Waals surface area (Å²) in [7, 11) is 0. The van der Waals surface area contributed by atoms with Crippen molar-refractivity contribution in [1.29, 1.82) is 0 Å². The van der Waals surface area contributed by atoms with Gasteiger partial charge in [-0.25, -0.2) is 0 Å². The second kappa shape index (κ2) is 12.5. The molecular weight excluding hydrogens is 396 g/mol. The van der Waals surface area contributed by atoms with Crippen LogP contribution in [0.5, 0.6) is 0 Å². The lowest BCUT2D eigenvalue weighted by Crippen LogP contribution is -2.44. The molecule has 0 aliphatic rings. The second-order valence-electron chi connectivity index (χ2n) is 7.73. The number of aryl methyl sites for hydroxylation is 1. The van der Waals surface area contributed by atoms with E-state index in [4.69, 9.17) is 4.74 Å². The van der Waals surface area contributed by atoms with E-state index in [9.17, 15) is 9.59 Å². The summed E-state index contributed by atoms with van der Waals surface area (Å²) in [5, 5.41) is 2.05.